The molecule has 0 unspecified atom stereocenters. The van der Waals surface area contributed by atoms with Crippen molar-refractivity contribution < 1.29 is 4.21 Å². The summed E-state index contributed by atoms with van der Waals surface area (Å²) in [6.07, 6.45) is 0. The monoisotopic (exact) mass is 128 g/mol. The molecule has 0 aromatic rings. The Kier molecular flexibility index (Phi) is 2.04. The molecule has 0 amide bonds. The molecule has 0 fully saturated rings. The van der Waals surface area contributed by atoms with E-state index in [0.29, 0.717) is 17.2 Å². The smallest absolute Gasteiger partial charge is 0.232 e. The summed E-state index contributed by atoms with van der Waals surface area (Å²) in [6.45, 7) is 13.8. The average Bonchev–Trinajstić information content (AvgIpc) is 1.67. The first-order chi connectivity index (χ1) is 3.50. The highest BCUT2D eigenvalue weighted by atomic mass is 32.1. The molecule has 0 rings (SSSR count). The van der Waals surface area contributed by atoms with Crippen molar-refractivity contribution in [1.29, 1.82) is 0 Å². The van der Waals surface area contributed by atoms with Gasteiger partial charge in [0.05, 0.1) is 6.92 Å². The van der Waals surface area contributed by atoms with Crippen LogP contribution in [-0.4, -0.2) is 4.75 Å². The fraction of sp³-hybridized carbons (Fsp3) is 0.167. The molecule has 0 saturated carbocycles. The molecule has 1 radical (unpaired) electrons. The van der Waals surface area contributed by atoms with E-state index in [-0.39, 0.29) is 0 Å². The summed E-state index contributed by atoms with van der Waals surface area (Å²) < 4.78 is 9.18. The van der Waals surface area contributed by atoms with E-state index in [1.54, 1.807) is 0 Å². The molecular weight excluding hydrogens is 120 g/mol. The molecule has 0 aliphatic carbocycles. The molecular formula is C6H8OS+. The predicted octanol–water partition coefficient (Wildman–Crippen LogP) is 1.21. The normalized spacial score (nSPS) is 16.6. The van der Waals surface area contributed by atoms with E-state index >= 15 is 0 Å². The molecule has 0 aromatic carbocycles. The minimum absolute atomic E-state index is 0.301. The maximum atomic E-state index is 10.1. The Morgan fingerprint density at radius 3 is 2.25 bits per heavy atom. The Morgan fingerprint density at radius 2 is 2.25 bits per heavy atom. The summed E-state index contributed by atoms with van der Waals surface area (Å²) in [7, 11) is 0. The molecule has 0 aliphatic rings. The van der Waals surface area contributed by atoms with Crippen LogP contribution in [0.4, 0.5) is 0 Å². The van der Waals surface area contributed by atoms with Gasteiger partial charge in [0.2, 0.25) is 0 Å². The lowest BCUT2D eigenvalue weighted by Gasteiger charge is -1.99. The van der Waals surface area contributed by atoms with Crippen molar-refractivity contribution in [3.05, 3.63) is 32.9 Å². The Balaban J connectivity index is 4.12. The molecule has 0 aliphatic heterocycles. The van der Waals surface area contributed by atoms with Crippen LogP contribution in [0.1, 0.15) is 0 Å². The number of rotatable bonds is 2. The lowest BCUT2D eigenvalue weighted by molar-refractivity contribution is 0.599. The largest absolute Gasteiger partial charge is 0.519 e. The van der Waals surface area contributed by atoms with Gasteiger partial charge in [-0.25, -0.2) is 13.5 Å². The van der Waals surface area contributed by atoms with Gasteiger partial charge in [-0.2, -0.15) is 0 Å². The molecule has 0 bridgehead atoms. The van der Waals surface area contributed by atoms with Crippen molar-refractivity contribution in [2.24, 2.45) is 0 Å². The van der Waals surface area contributed by atoms with Crippen LogP contribution in [0.3, 0.4) is 0 Å². The van der Waals surface area contributed by atoms with Crippen molar-refractivity contribution in [3.8, 4) is 0 Å². The molecule has 0 saturated heterocycles. The molecule has 0 heterocycles. The maximum Gasteiger partial charge on any atom is 0.519 e. The fourth-order valence-electron chi connectivity index (χ4n) is 0.0589. The van der Waals surface area contributed by atoms with E-state index in [1.165, 1.54) is 0 Å². The van der Waals surface area contributed by atoms with Gasteiger partial charge in [0.1, 0.15) is 6.92 Å². The Labute approximate surface area is 54.3 Å². The molecule has 2 heteroatoms. The van der Waals surface area contributed by atoms with Crippen molar-refractivity contribution >= 4 is 11.7 Å². The summed E-state index contributed by atoms with van der Waals surface area (Å²) in [5.41, 5.74) is 0.456. The third kappa shape index (κ3) is 1.54. The third-order valence-corrected chi connectivity index (χ3v) is 1.41. The van der Waals surface area contributed by atoms with E-state index < -0.39 is 4.75 Å². The summed E-state index contributed by atoms with van der Waals surface area (Å²) in [5, 5.41) is 0. The summed E-state index contributed by atoms with van der Waals surface area (Å²) in [5.74, 6) is 0. The van der Waals surface area contributed by atoms with Crippen LogP contribution >= 0.6 is 0 Å². The molecule has 1 nitrogen and oxygen atoms in total. The zero-order valence-corrected chi connectivity index (χ0v) is 5.46. The van der Waals surface area contributed by atoms with Gasteiger partial charge in [0.15, 0.2) is 0 Å². The highest BCUT2D eigenvalue weighted by Gasteiger charge is 2.38. The van der Waals surface area contributed by atoms with Crippen LogP contribution < -0.4 is 0 Å². The van der Waals surface area contributed by atoms with Gasteiger partial charge in [-0.3, -0.25) is 0 Å². The van der Waals surface area contributed by atoms with Crippen molar-refractivity contribution in [3.63, 3.8) is 0 Å². The van der Waals surface area contributed by atoms with Gasteiger partial charge >= 0.3 is 16.4 Å². The van der Waals surface area contributed by atoms with Gasteiger partial charge in [-0.1, -0.05) is 0 Å². The Morgan fingerprint density at radius 1 is 1.88 bits per heavy atom. The molecule has 0 N–H and O–H groups in total. The molecule has 43 valence electrons. The lowest BCUT2D eigenvalue weighted by atomic mass is 10.1. The van der Waals surface area contributed by atoms with Crippen molar-refractivity contribution in [2.45, 2.75) is 4.75 Å². The number of hydrogen-bond acceptors (Lipinski definition) is 1. The van der Waals surface area contributed by atoms with E-state index in [4.69, 9.17) is 0 Å². The van der Waals surface area contributed by atoms with Crippen LogP contribution in [0.2, 0.25) is 0 Å². The van der Waals surface area contributed by atoms with Gasteiger partial charge in [0.25, 0.3) is 0 Å². The minimum atomic E-state index is -0.903. The Hall–Kier alpha value is -0.500. The van der Waals surface area contributed by atoms with Crippen molar-refractivity contribution in [2.75, 3.05) is 0 Å². The van der Waals surface area contributed by atoms with Gasteiger partial charge in [-0.05, 0) is 0 Å². The predicted molar refractivity (Wildman–Crippen MR) is 36.0 cm³/mol. The van der Waals surface area contributed by atoms with Crippen LogP contribution in [0.15, 0.2) is 12.2 Å². The zero-order chi connectivity index (χ0) is 6.78. The van der Waals surface area contributed by atoms with Gasteiger partial charge in [0, 0.05) is 4.21 Å². The van der Waals surface area contributed by atoms with Crippen LogP contribution in [0.5, 0.6) is 0 Å². The SMILES string of the molecule is [CH2]C([CH2+])([S+]=O)C(=C)[CH2-]. The first-order valence-electron chi connectivity index (χ1n) is 2.04. The summed E-state index contributed by atoms with van der Waals surface area (Å²) >= 11 is 0.301. The second kappa shape index (κ2) is 2.18. The van der Waals surface area contributed by atoms with Crippen molar-refractivity contribution in [1.82, 2.24) is 0 Å². The number of hydrogen-bond donors (Lipinski definition) is 0. The molecule has 8 heavy (non-hydrogen) atoms. The van der Waals surface area contributed by atoms with Crippen LogP contribution in [-0.2, 0) is 15.9 Å². The highest BCUT2D eigenvalue weighted by Crippen LogP contribution is 2.12. The first-order valence-corrected chi connectivity index (χ1v) is 2.78. The zero-order valence-electron chi connectivity index (χ0n) is 4.64. The Bertz CT molecular complexity index is 116. The second-order valence-corrected chi connectivity index (χ2v) is 2.63. The first kappa shape index (κ1) is 7.50. The van der Waals surface area contributed by atoms with E-state index in [1.807, 2.05) is 0 Å². The standard InChI is InChI=1S/C6H8OS/c1-5(2)6(3,4)8-7/h1-4H2/q+1. The quantitative estimate of drug-likeness (QED) is 0.403. The minimum Gasteiger partial charge on any atom is -0.232 e. The third-order valence-electron chi connectivity index (χ3n) is 0.804. The molecule has 0 aromatic heterocycles. The van der Waals surface area contributed by atoms with Crippen LogP contribution in [0.25, 0.3) is 0 Å². The second-order valence-electron chi connectivity index (χ2n) is 1.68. The molecule has 0 spiro atoms. The molecule has 0 atom stereocenters. The highest BCUT2D eigenvalue weighted by molar-refractivity contribution is 7.67. The maximum absolute atomic E-state index is 10.1. The lowest BCUT2D eigenvalue weighted by Crippen LogP contribution is -2.19. The van der Waals surface area contributed by atoms with Gasteiger partial charge in [-0.15, -0.1) is 5.57 Å². The topological polar surface area (TPSA) is 17.1 Å². The summed E-state index contributed by atoms with van der Waals surface area (Å²) in [6, 6.07) is 0. The van der Waals surface area contributed by atoms with E-state index in [2.05, 4.69) is 27.4 Å². The summed E-state index contributed by atoms with van der Waals surface area (Å²) in [4.78, 5) is 0. The van der Waals surface area contributed by atoms with Crippen LogP contribution in [0, 0.1) is 20.8 Å². The average molecular weight is 128 g/mol. The van der Waals surface area contributed by atoms with E-state index in [0.717, 1.165) is 0 Å². The van der Waals surface area contributed by atoms with E-state index in [9.17, 15) is 4.21 Å². The fourth-order valence-corrected chi connectivity index (χ4v) is 0.177. The van der Waals surface area contributed by atoms with Gasteiger partial charge < -0.3 is 0 Å².